The quantitative estimate of drug-likeness (QED) is 0.731. The Bertz CT molecular complexity index is 339. The standard InChI is InChI=1S/C12H20O4.C6H14O/c1-8(11(13)14)10(12(15)16)7-9-5-3-2-4-6-9;1-5(2)7-6(3)4/h8-10H,2-7H2,1H3,(H,13,14)(H,15,16);5-6H,1-4H3/t8-,10+;/m0./s1. The maximum atomic E-state index is 11.1. The minimum absolute atomic E-state index is 0.375. The average Bonchev–Trinajstić information content (AvgIpc) is 2.44. The fourth-order valence-electron chi connectivity index (χ4n) is 3.02. The van der Waals surface area contributed by atoms with Gasteiger partial charge in [-0.05, 0) is 40.0 Å². The molecule has 23 heavy (non-hydrogen) atoms. The lowest BCUT2D eigenvalue weighted by Gasteiger charge is -2.26. The van der Waals surface area contributed by atoms with Gasteiger partial charge in [-0.15, -0.1) is 0 Å². The lowest BCUT2D eigenvalue weighted by atomic mass is 9.79. The number of hydrogen-bond donors (Lipinski definition) is 2. The van der Waals surface area contributed by atoms with Gasteiger partial charge in [0.15, 0.2) is 0 Å². The summed E-state index contributed by atoms with van der Waals surface area (Å²) in [4.78, 5) is 21.9. The second kappa shape index (κ2) is 11.4. The summed E-state index contributed by atoms with van der Waals surface area (Å²) in [5.74, 6) is -3.11. The van der Waals surface area contributed by atoms with Gasteiger partial charge in [0, 0.05) is 0 Å². The predicted molar refractivity (Wildman–Crippen MR) is 90.5 cm³/mol. The second-order valence-corrected chi connectivity index (χ2v) is 7.04. The van der Waals surface area contributed by atoms with Crippen LogP contribution in [0, 0.1) is 17.8 Å². The molecule has 1 rings (SSSR count). The number of ether oxygens (including phenoxy) is 1. The van der Waals surface area contributed by atoms with Crippen molar-refractivity contribution in [2.75, 3.05) is 0 Å². The zero-order valence-corrected chi connectivity index (χ0v) is 15.2. The third-order valence-corrected chi connectivity index (χ3v) is 4.17. The first kappa shape index (κ1) is 21.9. The highest BCUT2D eigenvalue weighted by Gasteiger charge is 2.32. The summed E-state index contributed by atoms with van der Waals surface area (Å²) in [7, 11) is 0. The van der Waals surface area contributed by atoms with Crippen molar-refractivity contribution in [3.63, 3.8) is 0 Å². The van der Waals surface area contributed by atoms with E-state index in [0.29, 0.717) is 24.5 Å². The van der Waals surface area contributed by atoms with Crippen LogP contribution in [0.1, 0.15) is 73.1 Å². The molecule has 0 bridgehead atoms. The van der Waals surface area contributed by atoms with Crippen molar-refractivity contribution in [3.05, 3.63) is 0 Å². The van der Waals surface area contributed by atoms with Gasteiger partial charge in [-0.2, -0.15) is 0 Å². The highest BCUT2D eigenvalue weighted by atomic mass is 16.5. The maximum Gasteiger partial charge on any atom is 0.307 e. The average molecular weight is 330 g/mol. The van der Waals surface area contributed by atoms with E-state index in [9.17, 15) is 9.59 Å². The van der Waals surface area contributed by atoms with Gasteiger partial charge < -0.3 is 14.9 Å². The topological polar surface area (TPSA) is 83.8 Å². The van der Waals surface area contributed by atoms with E-state index in [0.717, 1.165) is 25.7 Å². The first-order valence-electron chi connectivity index (χ1n) is 8.76. The molecule has 5 nitrogen and oxygen atoms in total. The van der Waals surface area contributed by atoms with Crippen LogP contribution >= 0.6 is 0 Å². The fourth-order valence-corrected chi connectivity index (χ4v) is 3.02. The Morgan fingerprint density at radius 1 is 0.913 bits per heavy atom. The summed E-state index contributed by atoms with van der Waals surface area (Å²) in [5, 5.41) is 17.9. The van der Waals surface area contributed by atoms with Gasteiger partial charge in [-0.25, -0.2) is 0 Å². The Labute approximate surface area is 140 Å². The van der Waals surface area contributed by atoms with Gasteiger partial charge in [0.25, 0.3) is 0 Å². The Morgan fingerprint density at radius 3 is 1.70 bits per heavy atom. The SMILES string of the molecule is CC(C)OC(C)C.C[C@H](C(=O)O)[C@@H](CC1CCCCC1)C(=O)O. The molecule has 0 aromatic carbocycles. The van der Waals surface area contributed by atoms with E-state index in [1.165, 1.54) is 13.3 Å². The lowest BCUT2D eigenvalue weighted by molar-refractivity contribution is -0.153. The van der Waals surface area contributed by atoms with E-state index >= 15 is 0 Å². The van der Waals surface area contributed by atoms with Crippen LogP contribution in [0.2, 0.25) is 0 Å². The Balaban J connectivity index is 0.000000585. The number of hydrogen-bond acceptors (Lipinski definition) is 3. The molecule has 136 valence electrons. The number of carboxylic acid groups (broad SMARTS) is 2. The van der Waals surface area contributed by atoms with E-state index in [1.807, 2.05) is 27.7 Å². The van der Waals surface area contributed by atoms with E-state index in [1.54, 1.807) is 0 Å². The van der Waals surface area contributed by atoms with Crippen molar-refractivity contribution in [1.82, 2.24) is 0 Å². The molecule has 0 amide bonds. The van der Waals surface area contributed by atoms with Crippen LogP contribution in [0.15, 0.2) is 0 Å². The molecule has 1 aliphatic rings. The molecule has 0 spiro atoms. The van der Waals surface area contributed by atoms with Crippen LogP contribution in [0.5, 0.6) is 0 Å². The Morgan fingerprint density at radius 2 is 1.39 bits per heavy atom. The zero-order chi connectivity index (χ0) is 18.0. The molecule has 0 aromatic rings. The van der Waals surface area contributed by atoms with Crippen LogP contribution < -0.4 is 0 Å². The molecule has 0 radical (unpaired) electrons. The molecule has 0 unspecified atom stereocenters. The molecule has 2 atom stereocenters. The summed E-state index contributed by atoms with van der Waals surface area (Å²) in [6, 6.07) is 0. The first-order valence-corrected chi connectivity index (χ1v) is 8.76. The smallest absolute Gasteiger partial charge is 0.307 e. The molecule has 5 heteroatoms. The van der Waals surface area contributed by atoms with Crippen LogP contribution in [0.25, 0.3) is 0 Å². The van der Waals surface area contributed by atoms with Crippen molar-refractivity contribution >= 4 is 11.9 Å². The number of rotatable bonds is 7. The molecule has 0 aromatic heterocycles. The van der Waals surface area contributed by atoms with Gasteiger partial charge in [-0.3, -0.25) is 9.59 Å². The van der Waals surface area contributed by atoms with Gasteiger partial charge in [0.2, 0.25) is 0 Å². The molecule has 0 saturated heterocycles. The van der Waals surface area contributed by atoms with E-state index in [4.69, 9.17) is 14.9 Å². The van der Waals surface area contributed by atoms with Crippen molar-refractivity contribution in [3.8, 4) is 0 Å². The molecular weight excluding hydrogens is 296 g/mol. The van der Waals surface area contributed by atoms with Crippen LogP contribution in [-0.2, 0) is 14.3 Å². The lowest BCUT2D eigenvalue weighted by Crippen LogP contribution is -2.30. The monoisotopic (exact) mass is 330 g/mol. The van der Waals surface area contributed by atoms with Crippen LogP contribution in [0.3, 0.4) is 0 Å². The van der Waals surface area contributed by atoms with Crippen LogP contribution in [0.4, 0.5) is 0 Å². The van der Waals surface area contributed by atoms with E-state index in [2.05, 4.69) is 0 Å². The van der Waals surface area contributed by atoms with Crippen molar-refractivity contribution in [1.29, 1.82) is 0 Å². The predicted octanol–water partition coefficient (Wildman–Crippen LogP) is 4.20. The summed E-state index contributed by atoms with van der Waals surface area (Å²) in [6.45, 7) is 9.66. The largest absolute Gasteiger partial charge is 0.481 e. The third-order valence-electron chi connectivity index (χ3n) is 4.17. The minimum Gasteiger partial charge on any atom is -0.481 e. The third kappa shape index (κ3) is 10.3. The van der Waals surface area contributed by atoms with Crippen molar-refractivity contribution < 1.29 is 24.5 Å². The van der Waals surface area contributed by atoms with Gasteiger partial charge in [0.05, 0.1) is 24.0 Å². The normalized spacial score (nSPS) is 18.2. The second-order valence-electron chi connectivity index (χ2n) is 7.04. The summed E-state index contributed by atoms with van der Waals surface area (Å²) >= 11 is 0. The highest BCUT2D eigenvalue weighted by molar-refractivity contribution is 5.79. The molecule has 1 fully saturated rings. The molecule has 0 aliphatic heterocycles. The Kier molecular flexibility index (Phi) is 10.9. The molecule has 1 aliphatic carbocycles. The first-order chi connectivity index (χ1) is 10.6. The number of aliphatic carboxylic acids is 2. The fraction of sp³-hybridized carbons (Fsp3) is 0.889. The molecule has 1 saturated carbocycles. The van der Waals surface area contributed by atoms with E-state index < -0.39 is 23.8 Å². The number of carbonyl (C=O) groups is 2. The molecular formula is C18H34O5. The minimum atomic E-state index is -1.01. The summed E-state index contributed by atoms with van der Waals surface area (Å²) in [5.41, 5.74) is 0. The summed E-state index contributed by atoms with van der Waals surface area (Å²) in [6.07, 6.45) is 6.90. The van der Waals surface area contributed by atoms with Crippen LogP contribution in [-0.4, -0.2) is 34.4 Å². The molecule has 0 heterocycles. The van der Waals surface area contributed by atoms with Gasteiger partial charge in [0.1, 0.15) is 0 Å². The molecule has 2 N–H and O–H groups in total. The van der Waals surface area contributed by atoms with Gasteiger partial charge >= 0.3 is 11.9 Å². The highest BCUT2D eigenvalue weighted by Crippen LogP contribution is 2.31. The Hall–Kier alpha value is -1.10. The maximum absolute atomic E-state index is 11.1. The number of carboxylic acids is 2. The van der Waals surface area contributed by atoms with Crippen molar-refractivity contribution in [2.24, 2.45) is 17.8 Å². The van der Waals surface area contributed by atoms with Gasteiger partial charge in [-0.1, -0.05) is 39.0 Å². The summed E-state index contributed by atoms with van der Waals surface area (Å²) < 4.78 is 5.25. The van der Waals surface area contributed by atoms with E-state index in [-0.39, 0.29) is 0 Å². The zero-order valence-electron chi connectivity index (χ0n) is 15.2. The van der Waals surface area contributed by atoms with Crippen molar-refractivity contribution in [2.45, 2.75) is 85.4 Å².